The Balaban J connectivity index is 1.27. The van der Waals surface area contributed by atoms with Crippen molar-refractivity contribution in [2.75, 3.05) is 42.6 Å². The maximum absolute atomic E-state index is 14.3. The van der Waals surface area contributed by atoms with E-state index in [0.717, 1.165) is 28.2 Å². The van der Waals surface area contributed by atoms with Gasteiger partial charge in [-0.05, 0) is 31.2 Å². The Morgan fingerprint density at radius 3 is 2.58 bits per heavy atom. The highest BCUT2D eigenvalue weighted by atomic mass is 19.1. The molecule has 4 aromatic rings. The van der Waals surface area contributed by atoms with Crippen molar-refractivity contribution in [1.82, 2.24) is 24.3 Å². The number of carbonyl (C=O) groups is 2. The molecule has 1 saturated heterocycles. The van der Waals surface area contributed by atoms with E-state index in [9.17, 15) is 14.0 Å². The predicted octanol–water partition coefficient (Wildman–Crippen LogP) is 2.96. The van der Waals surface area contributed by atoms with Crippen LogP contribution in [0.3, 0.4) is 0 Å². The zero-order valence-electron chi connectivity index (χ0n) is 20.5. The van der Waals surface area contributed by atoms with E-state index in [0.29, 0.717) is 37.8 Å². The van der Waals surface area contributed by atoms with Crippen molar-refractivity contribution < 1.29 is 23.8 Å². The number of ether oxygens (including phenoxy) is 1. The van der Waals surface area contributed by atoms with Gasteiger partial charge in [0.1, 0.15) is 5.65 Å². The molecule has 0 saturated carbocycles. The summed E-state index contributed by atoms with van der Waals surface area (Å²) in [6.45, 7) is 3.72. The Morgan fingerprint density at radius 1 is 1.08 bits per heavy atom. The third-order valence-electron chi connectivity index (χ3n) is 6.91. The second kappa shape index (κ2) is 9.29. The minimum Gasteiger partial charge on any atom is -0.478 e. The maximum Gasteiger partial charge on any atom is 0.407 e. The third-order valence-corrected chi connectivity index (χ3v) is 6.91. The normalized spacial score (nSPS) is 15.5. The monoisotopic (exact) mass is 517 g/mol. The number of hydrogen-bond donors (Lipinski definition) is 1. The molecule has 194 valence electrons. The number of anilines is 2. The van der Waals surface area contributed by atoms with E-state index in [1.165, 1.54) is 15.9 Å². The summed E-state index contributed by atoms with van der Waals surface area (Å²) in [6.07, 6.45) is 4.48. The van der Waals surface area contributed by atoms with E-state index in [1.807, 2.05) is 34.6 Å². The van der Waals surface area contributed by atoms with Gasteiger partial charge in [0.05, 0.1) is 23.6 Å². The van der Waals surface area contributed by atoms with E-state index < -0.39 is 11.9 Å². The summed E-state index contributed by atoms with van der Waals surface area (Å²) in [4.78, 5) is 42.4. The summed E-state index contributed by atoms with van der Waals surface area (Å²) < 4.78 is 21.6. The average Bonchev–Trinajstić information content (AvgIpc) is 3.24. The molecule has 3 aromatic heterocycles. The number of benzene rings is 1. The van der Waals surface area contributed by atoms with Crippen LogP contribution in [0.4, 0.5) is 20.8 Å². The number of halogens is 1. The van der Waals surface area contributed by atoms with Gasteiger partial charge >= 0.3 is 6.09 Å². The highest BCUT2D eigenvalue weighted by Crippen LogP contribution is 2.35. The van der Waals surface area contributed by atoms with Crippen molar-refractivity contribution >= 4 is 29.3 Å². The minimum atomic E-state index is -0.917. The van der Waals surface area contributed by atoms with Crippen LogP contribution in [-0.4, -0.2) is 74.1 Å². The fourth-order valence-electron chi connectivity index (χ4n) is 4.83. The van der Waals surface area contributed by atoms with Crippen molar-refractivity contribution in [2.24, 2.45) is 0 Å². The van der Waals surface area contributed by atoms with Crippen molar-refractivity contribution in [3.63, 3.8) is 0 Å². The molecule has 0 radical (unpaired) electrons. The maximum atomic E-state index is 14.3. The van der Waals surface area contributed by atoms with E-state index in [-0.39, 0.29) is 24.8 Å². The third kappa shape index (κ3) is 4.13. The first-order valence-electron chi connectivity index (χ1n) is 12.1. The second-order valence-corrected chi connectivity index (χ2v) is 9.17. The molecule has 0 spiro atoms. The number of piperazine rings is 1. The smallest absolute Gasteiger partial charge is 0.407 e. The molecular weight excluding hydrogens is 493 g/mol. The van der Waals surface area contributed by atoms with Crippen LogP contribution < -0.4 is 14.5 Å². The van der Waals surface area contributed by atoms with Gasteiger partial charge in [0.25, 0.3) is 5.91 Å². The minimum absolute atomic E-state index is 0.0703. The Kier molecular flexibility index (Phi) is 5.78. The lowest BCUT2D eigenvalue weighted by Gasteiger charge is -2.33. The lowest BCUT2D eigenvalue weighted by Crippen LogP contribution is -2.48. The number of pyridine rings is 1. The summed E-state index contributed by atoms with van der Waals surface area (Å²) in [6, 6.07) is 8.35. The number of imidazole rings is 1. The molecule has 12 heteroatoms. The number of nitrogens with zero attached hydrogens (tertiary/aromatic N) is 7. The number of amides is 2. The standard InChI is InChI=1S/C26H24FN7O4/c1-16-21(14-34-20-4-2-3-19(27)24(20)38-15-23(34)35)33-13-17(5-6-22(33)30-16)18-11-28-25(29-12-18)31-7-9-32(10-8-31)26(36)37/h2-6,11-13H,7-10,14-15H2,1H3,(H,36,37). The summed E-state index contributed by atoms with van der Waals surface area (Å²) in [7, 11) is 0. The van der Waals surface area contributed by atoms with Gasteiger partial charge in [-0.15, -0.1) is 0 Å². The average molecular weight is 518 g/mol. The quantitative estimate of drug-likeness (QED) is 0.439. The Labute approximate surface area is 216 Å². The van der Waals surface area contributed by atoms with Gasteiger partial charge in [0.15, 0.2) is 18.2 Å². The zero-order chi connectivity index (χ0) is 26.4. The molecule has 0 bridgehead atoms. The van der Waals surface area contributed by atoms with Gasteiger partial charge in [-0.1, -0.05) is 6.07 Å². The van der Waals surface area contributed by atoms with Gasteiger partial charge in [0.2, 0.25) is 5.95 Å². The molecule has 0 aliphatic carbocycles. The highest BCUT2D eigenvalue weighted by molar-refractivity contribution is 5.97. The summed E-state index contributed by atoms with van der Waals surface area (Å²) in [5.41, 5.74) is 4.31. The van der Waals surface area contributed by atoms with Gasteiger partial charge in [-0.25, -0.2) is 24.1 Å². The van der Waals surface area contributed by atoms with Crippen molar-refractivity contribution in [2.45, 2.75) is 13.5 Å². The topological polar surface area (TPSA) is 116 Å². The number of aromatic nitrogens is 4. The summed E-state index contributed by atoms with van der Waals surface area (Å²) >= 11 is 0. The van der Waals surface area contributed by atoms with Gasteiger partial charge < -0.3 is 24.0 Å². The van der Waals surface area contributed by atoms with Crippen LogP contribution in [0.2, 0.25) is 0 Å². The molecule has 1 aromatic carbocycles. The molecule has 2 aliphatic heterocycles. The molecule has 1 fully saturated rings. The number of para-hydroxylation sites is 1. The van der Waals surface area contributed by atoms with Crippen molar-refractivity contribution in [1.29, 1.82) is 0 Å². The molecule has 38 heavy (non-hydrogen) atoms. The van der Waals surface area contributed by atoms with Crippen LogP contribution in [0.5, 0.6) is 5.75 Å². The fourth-order valence-corrected chi connectivity index (χ4v) is 4.83. The van der Waals surface area contributed by atoms with Crippen LogP contribution in [-0.2, 0) is 11.3 Å². The molecule has 5 heterocycles. The van der Waals surface area contributed by atoms with Gasteiger partial charge in [0, 0.05) is 55.9 Å². The van der Waals surface area contributed by atoms with Gasteiger partial charge in [-0.3, -0.25) is 9.69 Å². The molecule has 0 atom stereocenters. The fraction of sp³-hybridized carbons (Fsp3) is 0.269. The van der Waals surface area contributed by atoms with Crippen LogP contribution >= 0.6 is 0 Å². The highest BCUT2D eigenvalue weighted by Gasteiger charge is 2.29. The number of aryl methyl sites for hydroxylation is 1. The van der Waals surface area contributed by atoms with Crippen molar-refractivity contribution in [3.8, 4) is 16.9 Å². The van der Waals surface area contributed by atoms with Crippen LogP contribution in [0, 0.1) is 12.7 Å². The summed E-state index contributed by atoms with van der Waals surface area (Å²) in [5.74, 6) is -0.150. The number of hydrogen-bond acceptors (Lipinski definition) is 7. The van der Waals surface area contributed by atoms with Crippen LogP contribution in [0.1, 0.15) is 11.4 Å². The molecule has 2 aliphatic rings. The zero-order valence-corrected chi connectivity index (χ0v) is 20.5. The molecule has 11 nitrogen and oxygen atoms in total. The molecule has 1 N–H and O–H groups in total. The molecular formula is C26H24FN7O4. The first-order valence-corrected chi connectivity index (χ1v) is 12.1. The number of rotatable bonds is 4. The molecule has 6 rings (SSSR count). The summed E-state index contributed by atoms with van der Waals surface area (Å²) in [5, 5.41) is 9.14. The Bertz CT molecular complexity index is 1550. The number of carbonyl (C=O) groups excluding carboxylic acids is 1. The van der Waals surface area contributed by atoms with E-state index >= 15 is 0 Å². The van der Waals surface area contributed by atoms with Crippen LogP contribution in [0.15, 0.2) is 48.9 Å². The van der Waals surface area contributed by atoms with Gasteiger partial charge in [-0.2, -0.15) is 0 Å². The Morgan fingerprint density at radius 2 is 1.84 bits per heavy atom. The first-order chi connectivity index (χ1) is 18.4. The number of fused-ring (bicyclic) bond motifs is 2. The van der Waals surface area contributed by atoms with E-state index in [1.54, 1.807) is 24.5 Å². The SMILES string of the molecule is Cc1nc2ccc(-c3cnc(N4CCN(C(=O)O)CC4)nc3)cn2c1CN1C(=O)COc2c(F)cccc21. The lowest BCUT2D eigenvalue weighted by atomic mass is 10.1. The predicted molar refractivity (Wildman–Crippen MR) is 136 cm³/mol. The molecule has 2 amide bonds. The Hall–Kier alpha value is -4.74. The largest absolute Gasteiger partial charge is 0.478 e. The molecule has 0 unspecified atom stereocenters. The van der Waals surface area contributed by atoms with E-state index in [2.05, 4.69) is 15.0 Å². The second-order valence-electron chi connectivity index (χ2n) is 9.17. The first kappa shape index (κ1) is 23.6. The van der Waals surface area contributed by atoms with E-state index in [4.69, 9.17) is 9.84 Å². The van der Waals surface area contributed by atoms with Crippen LogP contribution in [0.25, 0.3) is 16.8 Å². The lowest BCUT2D eigenvalue weighted by molar-refractivity contribution is -0.121. The van der Waals surface area contributed by atoms with Crippen molar-refractivity contribution in [3.05, 3.63) is 66.1 Å². The number of carboxylic acid groups (broad SMARTS) is 1.